The number of rotatable bonds is 2. The average Bonchev–Trinajstić information content (AvgIpc) is 2.74. The Morgan fingerprint density at radius 1 is 1.75 bits per heavy atom. The minimum absolute atomic E-state index is 0.512. The summed E-state index contributed by atoms with van der Waals surface area (Å²) in [5, 5.41) is 3.14. The van der Waals surface area contributed by atoms with Crippen molar-refractivity contribution in [2.24, 2.45) is 0 Å². The van der Waals surface area contributed by atoms with Crippen molar-refractivity contribution in [2.75, 3.05) is 17.3 Å². The Labute approximate surface area is 81.2 Å². The molecule has 1 fully saturated rings. The normalized spacial score (nSPS) is 23.4. The van der Waals surface area contributed by atoms with E-state index in [1.165, 1.54) is 12.8 Å². The van der Waals surface area contributed by atoms with Gasteiger partial charge in [-0.25, -0.2) is 4.98 Å². The Morgan fingerprint density at radius 3 is 3.33 bits per heavy atom. The number of halogens is 1. The molecule has 0 aliphatic carbocycles. The number of nitrogens with zero attached hydrogens (tertiary/aromatic N) is 2. The fraction of sp³-hybridized carbons (Fsp3) is 0.625. The van der Waals surface area contributed by atoms with Crippen molar-refractivity contribution in [3.05, 3.63) is 11.6 Å². The monoisotopic (exact) mass is 202 g/mol. The van der Waals surface area contributed by atoms with Crippen LogP contribution in [0.3, 0.4) is 0 Å². The van der Waals surface area contributed by atoms with E-state index in [-0.39, 0.29) is 0 Å². The maximum absolute atomic E-state index is 5.85. The molecule has 0 N–H and O–H groups in total. The standard InChI is InChI=1S/C8H11ClN2S/c9-6-7-2-1-4-11(7)8-10-3-5-12-8/h3,5,7H,1-2,4,6H2. The summed E-state index contributed by atoms with van der Waals surface area (Å²) in [6.45, 7) is 1.12. The largest absolute Gasteiger partial charge is 0.344 e. The predicted octanol–water partition coefficient (Wildman–Crippen LogP) is 2.35. The van der Waals surface area contributed by atoms with Gasteiger partial charge in [0.2, 0.25) is 0 Å². The molecule has 1 aliphatic rings. The minimum atomic E-state index is 0.512. The van der Waals surface area contributed by atoms with Crippen molar-refractivity contribution in [1.82, 2.24) is 4.98 Å². The summed E-state index contributed by atoms with van der Waals surface area (Å²) < 4.78 is 0. The second-order valence-electron chi connectivity index (χ2n) is 2.96. The highest BCUT2D eigenvalue weighted by molar-refractivity contribution is 7.13. The van der Waals surface area contributed by atoms with E-state index in [9.17, 15) is 0 Å². The first-order valence-corrected chi connectivity index (χ1v) is 5.55. The molecule has 1 unspecified atom stereocenters. The fourth-order valence-electron chi connectivity index (χ4n) is 1.61. The topological polar surface area (TPSA) is 16.1 Å². The van der Waals surface area contributed by atoms with Gasteiger partial charge in [0.05, 0.1) is 0 Å². The van der Waals surface area contributed by atoms with E-state index < -0.39 is 0 Å². The number of thiazole rings is 1. The molecule has 2 heterocycles. The van der Waals surface area contributed by atoms with Gasteiger partial charge in [-0.3, -0.25) is 0 Å². The Kier molecular flexibility index (Phi) is 2.51. The molecular weight excluding hydrogens is 192 g/mol. The van der Waals surface area contributed by atoms with Crippen molar-refractivity contribution >= 4 is 28.1 Å². The van der Waals surface area contributed by atoms with E-state index in [0.717, 1.165) is 17.6 Å². The lowest BCUT2D eigenvalue weighted by Gasteiger charge is -2.21. The molecule has 1 saturated heterocycles. The van der Waals surface area contributed by atoms with Crippen LogP contribution in [0.25, 0.3) is 0 Å². The highest BCUT2D eigenvalue weighted by atomic mass is 35.5. The second kappa shape index (κ2) is 3.62. The van der Waals surface area contributed by atoms with Crippen LogP contribution < -0.4 is 4.90 Å². The molecule has 66 valence electrons. The second-order valence-corrected chi connectivity index (χ2v) is 4.14. The van der Waals surface area contributed by atoms with Crippen molar-refractivity contribution in [3.8, 4) is 0 Å². The van der Waals surface area contributed by atoms with Crippen LogP contribution in [0.1, 0.15) is 12.8 Å². The molecule has 1 aromatic heterocycles. The highest BCUT2D eigenvalue weighted by Crippen LogP contribution is 2.27. The van der Waals surface area contributed by atoms with Gasteiger partial charge in [-0.2, -0.15) is 0 Å². The third kappa shape index (κ3) is 1.43. The van der Waals surface area contributed by atoms with Crippen LogP contribution in [0.5, 0.6) is 0 Å². The number of alkyl halides is 1. The van der Waals surface area contributed by atoms with E-state index in [2.05, 4.69) is 9.88 Å². The summed E-state index contributed by atoms with van der Waals surface area (Å²) in [5.41, 5.74) is 0. The zero-order chi connectivity index (χ0) is 8.39. The molecule has 0 amide bonds. The van der Waals surface area contributed by atoms with E-state index in [0.29, 0.717) is 6.04 Å². The van der Waals surface area contributed by atoms with Crippen LogP contribution in [0, 0.1) is 0 Å². The molecule has 1 aliphatic heterocycles. The molecular formula is C8H11ClN2S. The van der Waals surface area contributed by atoms with Crippen LogP contribution in [0.15, 0.2) is 11.6 Å². The molecule has 2 nitrogen and oxygen atoms in total. The Balaban J connectivity index is 2.13. The lowest BCUT2D eigenvalue weighted by Crippen LogP contribution is -2.30. The third-order valence-corrected chi connectivity index (χ3v) is 3.39. The average molecular weight is 203 g/mol. The van der Waals surface area contributed by atoms with Gasteiger partial charge < -0.3 is 4.90 Å². The third-order valence-electron chi connectivity index (χ3n) is 2.22. The lowest BCUT2D eigenvalue weighted by atomic mass is 10.2. The number of hydrogen-bond donors (Lipinski definition) is 0. The Morgan fingerprint density at radius 2 is 2.67 bits per heavy atom. The van der Waals surface area contributed by atoms with Crippen molar-refractivity contribution in [1.29, 1.82) is 0 Å². The molecule has 0 aromatic carbocycles. The first-order valence-electron chi connectivity index (χ1n) is 4.14. The maximum atomic E-state index is 5.85. The van der Waals surface area contributed by atoms with Crippen LogP contribution in [0.2, 0.25) is 0 Å². The predicted molar refractivity (Wildman–Crippen MR) is 53.2 cm³/mol. The first-order chi connectivity index (χ1) is 5.92. The molecule has 0 spiro atoms. The summed E-state index contributed by atoms with van der Waals surface area (Å²) in [6, 6.07) is 0.512. The van der Waals surface area contributed by atoms with Gasteiger partial charge in [0.1, 0.15) is 0 Å². The van der Waals surface area contributed by atoms with Crippen LogP contribution in [0.4, 0.5) is 5.13 Å². The van der Waals surface area contributed by atoms with Crippen molar-refractivity contribution in [3.63, 3.8) is 0 Å². The maximum Gasteiger partial charge on any atom is 0.185 e. The highest BCUT2D eigenvalue weighted by Gasteiger charge is 2.24. The smallest absolute Gasteiger partial charge is 0.185 e. The molecule has 1 aromatic rings. The number of anilines is 1. The van der Waals surface area contributed by atoms with Gasteiger partial charge >= 0.3 is 0 Å². The molecule has 12 heavy (non-hydrogen) atoms. The van der Waals surface area contributed by atoms with Gasteiger partial charge in [-0.1, -0.05) is 0 Å². The van der Waals surface area contributed by atoms with Gasteiger partial charge in [-0.15, -0.1) is 22.9 Å². The molecule has 2 rings (SSSR count). The van der Waals surface area contributed by atoms with E-state index in [4.69, 9.17) is 11.6 Å². The summed E-state index contributed by atoms with van der Waals surface area (Å²) in [4.78, 5) is 6.60. The molecule has 0 bridgehead atoms. The van der Waals surface area contributed by atoms with Crippen molar-refractivity contribution < 1.29 is 0 Å². The Bertz CT molecular complexity index is 237. The number of hydrogen-bond acceptors (Lipinski definition) is 3. The van der Waals surface area contributed by atoms with Gasteiger partial charge in [0.25, 0.3) is 0 Å². The molecule has 1 atom stereocenters. The molecule has 0 saturated carbocycles. The lowest BCUT2D eigenvalue weighted by molar-refractivity contribution is 0.739. The zero-order valence-electron chi connectivity index (χ0n) is 6.74. The van der Waals surface area contributed by atoms with Crippen LogP contribution >= 0.6 is 22.9 Å². The van der Waals surface area contributed by atoms with Gasteiger partial charge in [-0.05, 0) is 12.8 Å². The SMILES string of the molecule is ClCC1CCCN1c1nccs1. The van der Waals surface area contributed by atoms with Gasteiger partial charge in [0, 0.05) is 30.0 Å². The zero-order valence-corrected chi connectivity index (χ0v) is 8.31. The summed E-state index contributed by atoms with van der Waals surface area (Å²) in [6.07, 6.45) is 4.31. The molecule has 0 radical (unpaired) electrons. The van der Waals surface area contributed by atoms with E-state index in [1.54, 1.807) is 11.3 Å². The van der Waals surface area contributed by atoms with Gasteiger partial charge in [0.15, 0.2) is 5.13 Å². The molecule has 4 heteroatoms. The summed E-state index contributed by atoms with van der Waals surface area (Å²) in [5.74, 6) is 0.722. The summed E-state index contributed by atoms with van der Waals surface area (Å²) in [7, 11) is 0. The minimum Gasteiger partial charge on any atom is -0.344 e. The Hall–Kier alpha value is -0.280. The van der Waals surface area contributed by atoms with Crippen LogP contribution in [-0.2, 0) is 0 Å². The number of aromatic nitrogens is 1. The van der Waals surface area contributed by atoms with Crippen molar-refractivity contribution in [2.45, 2.75) is 18.9 Å². The van der Waals surface area contributed by atoms with Crippen LogP contribution in [-0.4, -0.2) is 23.5 Å². The summed E-state index contributed by atoms with van der Waals surface area (Å²) >= 11 is 7.55. The van der Waals surface area contributed by atoms with E-state index in [1.807, 2.05) is 11.6 Å². The van der Waals surface area contributed by atoms with E-state index >= 15 is 0 Å². The first kappa shape index (κ1) is 8.32. The quantitative estimate of drug-likeness (QED) is 0.685. The fourth-order valence-corrected chi connectivity index (χ4v) is 2.67.